The molecule has 0 aliphatic carbocycles. The number of sulfone groups is 1. The highest BCUT2D eigenvalue weighted by molar-refractivity contribution is 7.90. The molecule has 0 aromatic heterocycles. The van der Waals surface area contributed by atoms with E-state index in [0.717, 1.165) is 12.3 Å². The van der Waals surface area contributed by atoms with Gasteiger partial charge in [-0.2, -0.15) is 0 Å². The number of anilines is 1. The summed E-state index contributed by atoms with van der Waals surface area (Å²) in [6.07, 6.45) is 0.995. The topological polar surface area (TPSA) is 89.5 Å². The van der Waals surface area contributed by atoms with Crippen molar-refractivity contribution in [3.8, 4) is 0 Å². The van der Waals surface area contributed by atoms with Gasteiger partial charge in [0.05, 0.1) is 26.2 Å². The Kier molecular flexibility index (Phi) is 6.52. The molecule has 0 aliphatic rings. The van der Waals surface area contributed by atoms with Crippen LogP contribution >= 0.6 is 34.8 Å². The molecule has 0 fully saturated rings. The molecular weight excluding hydrogens is 425 g/mol. The number of hydrogen-bond acceptors (Lipinski definition) is 5. The van der Waals surface area contributed by atoms with E-state index in [0.29, 0.717) is 10.7 Å². The third-order valence-corrected chi connectivity index (χ3v) is 5.11. The SMILES string of the molecule is CS(=O)(=O)c1ccc(Cl)c(C(=O)OCC(=O)Nc2ccc(Cl)cc2Cl)c1. The summed E-state index contributed by atoms with van der Waals surface area (Å²) in [5.74, 6) is -1.57. The fourth-order valence-corrected chi connectivity index (χ4v) is 3.18. The molecule has 10 heteroatoms. The van der Waals surface area contributed by atoms with Gasteiger partial charge in [0.25, 0.3) is 5.91 Å². The van der Waals surface area contributed by atoms with E-state index in [-0.39, 0.29) is 20.5 Å². The minimum absolute atomic E-state index is 0.00329. The van der Waals surface area contributed by atoms with Crippen LogP contribution in [0.3, 0.4) is 0 Å². The van der Waals surface area contributed by atoms with E-state index in [1.807, 2.05) is 0 Å². The normalized spacial score (nSPS) is 11.1. The Morgan fingerprint density at radius 2 is 1.73 bits per heavy atom. The standard InChI is InChI=1S/C16H12Cl3NO5S/c1-26(23,24)10-3-4-12(18)11(7-10)16(22)25-8-15(21)20-14-5-2-9(17)6-13(14)19/h2-7H,8H2,1H3,(H,20,21). The molecule has 0 spiro atoms. The summed E-state index contributed by atoms with van der Waals surface area (Å²) < 4.78 is 28.0. The number of ether oxygens (including phenoxy) is 1. The molecule has 2 aromatic carbocycles. The number of amides is 1. The molecule has 0 bridgehead atoms. The van der Waals surface area contributed by atoms with Crippen LogP contribution in [0.25, 0.3) is 0 Å². The van der Waals surface area contributed by atoms with Crippen LogP contribution in [0.2, 0.25) is 15.1 Å². The molecule has 0 saturated carbocycles. The molecule has 0 unspecified atom stereocenters. The third-order valence-electron chi connectivity index (χ3n) is 3.13. The predicted octanol–water partition coefficient (Wildman–Crippen LogP) is 3.85. The van der Waals surface area contributed by atoms with Crippen molar-refractivity contribution in [2.24, 2.45) is 0 Å². The van der Waals surface area contributed by atoms with Gasteiger partial charge in [-0.3, -0.25) is 4.79 Å². The van der Waals surface area contributed by atoms with Crippen molar-refractivity contribution >= 4 is 62.2 Å². The maximum Gasteiger partial charge on any atom is 0.340 e. The van der Waals surface area contributed by atoms with Crippen molar-refractivity contribution in [3.05, 3.63) is 57.0 Å². The van der Waals surface area contributed by atoms with Gasteiger partial charge in [-0.05, 0) is 36.4 Å². The third kappa shape index (κ3) is 5.35. The van der Waals surface area contributed by atoms with Crippen LogP contribution in [-0.2, 0) is 19.4 Å². The fourth-order valence-electron chi connectivity index (χ4n) is 1.88. The smallest absolute Gasteiger partial charge is 0.340 e. The van der Waals surface area contributed by atoms with Crippen molar-refractivity contribution in [3.63, 3.8) is 0 Å². The summed E-state index contributed by atoms with van der Waals surface area (Å²) in [6, 6.07) is 8.10. The summed E-state index contributed by atoms with van der Waals surface area (Å²) in [5, 5.41) is 3.09. The number of rotatable bonds is 5. The molecule has 138 valence electrons. The first-order valence-electron chi connectivity index (χ1n) is 6.99. The van der Waals surface area contributed by atoms with E-state index in [4.69, 9.17) is 39.5 Å². The van der Waals surface area contributed by atoms with Gasteiger partial charge in [0.2, 0.25) is 0 Å². The highest BCUT2D eigenvalue weighted by Gasteiger charge is 2.18. The van der Waals surface area contributed by atoms with Crippen LogP contribution in [0, 0.1) is 0 Å². The zero-order chi connectivity index (χ0) is 19.5. The van der Waals surface area contributed by atoms with Crippen LogP contribution in [0.1, 0.15) is 10.4 Å². The van der Waals surface area contributed by atoms with Gasteiger partial charge < -0.3 is 10.1 Å². The second-order valence-electron chi connectivity index (χ2n) is 5.16. The van der Waals surface area contributed by atoms with Gasteiger partial charge in [-0.1, -0.05) is 34.8 Å². The lowest BCUT2D eigenvalue weighted by molar-refractivity contribution is -0.119. The Bertz CT molecular complexity index is 976. The van der Waals surface area contributed by atoms with Crippen molar-refractivity contribution in [1.29, 1.82) is 0 Å². The van der Waals surface area contributed by atoms with E-state index in [9.17, 15) is 18.0 Å². The molecule has 0 aliphatic heterocycles. The first kappa shape index (κ1) is 20.5. The average molecular weight is 437 g/mol. The monoisotopic (exact) mass is 435 g/mol. The van der Waals surface area contributed by atoms with Crippen molar-refractivity contribution in [1.82, 2.24) is 0 Å². The zero-order valence-corrected chi connectivity index (χ0v) is 16.3. The van der Waals surface area contributed by atoms with Gasteiger partial charge in [0.1, 0.15) is 0 Å². The van der Waals surface area contributed by atoms with Crippen molar-refractivity contribution in [2.75, 3.05) is 18.2 Å². The maximum atomic E-state index is 12.1. The lowest BCUT2D eigenvalue weighted by atomic mass is 10.2. The Labute approximate surface area is 164 Å². The molecule has 2 rings (SSSR count). The summed E-state index contributed by atoms with van der Waals surface area (Å²) in [6.45, 7) is -0.614. The van der Waals surface area contributed by atoms with Crippen molar-refractivity contribution < 1.29 is 22.7 Å². The fraction of sp³-hybridized carbons (Fsp3) is 0.125. The molecular formula is C16H12Cl3NO5S. The molecule has 1 N–H and O–H groups in total. The largest absolute Gasteiger partial charge is 0.452 e. The molecule has 1 amide bonds. The predicted molar refractivity (Wildman–Crippen MR) is 99.9 cm³/mol. The maximum absolute atomic E-state index is 12.1. The first-order chi connectivity index (χ1) is 12.1. The number of nitrogens with one attached hydrogen (secondary N) is 1. The molecule has 6 nitrogen and oxygen atoms in total. The minimum Gasteiger partial charge on any atom is -0.452 e. The van der Waals surface area contributed by atoms with Crippen LogP contribution in [-0.4, -0.2) is 33.2 Å². The molecule has 26 heavy (non-hydrogen) atoms. The lowest BCUT2D eigenvalue weighted by Gasteiger charge is -2.09. The van der Waals surface area contributed by atoms with E-state index < -0.39 is 28.3 Å². The van der Waals surface area contributed by atoms with Crippen LogP contribution < -0.4 is 5.32 Å². The van der Waals surface area contributed by atoms with E-state index in [1.165, 1.54) is 30.3 Å². The van der Waals surface area contributed by atoms with Gasteiger partial charge in [-0.15, -0.1) is 0 Å². The Morgan fingerprint density at radius 1 is 1.04 bits per heavy atom. The van der Waals surface area contributed by atoms with E-state index in [1.54, 1.807) is 0 Å². The van der Waals surface area contributed by atoms with Gasteiger partial charge in [0, 0.05) is 11.3 Å². The molecule has 0 atom stereocenters. The second-order valence-corrected chi connectivity index (χ2v) is 8.43. The number of benzene rings is 2. The van der Waals surface area contributed by atoms with Crippen LogP contribution in [0.5, 0.6) is 0 Å². The van der Waals surface area contributed by atoms with Gasteiger partial charge in [-0.25, -0.2) is 13.2 Å². The highest BCUT2D eigenvalue weighted by atomic mass is 35.5. The molecule has 0 radical (unpaired) electrons. The quantitative estimate of drug-likeness (QED) is 0.719. The summed E-state index contributed by atoms with van der Waals surface area (Å²) in [4.78, 5) is 23.9. The van der Waals surface area contributed by atoms with Crippen LogP contribution in [0.4, 0.5) is 5.69 Å². The first-order valence-corrected chi connectivity index (χ1v) is 10.0. The number of esters is 1. The number of hydrogen-bond donors (Lipinski definition) is 1. The number of carbonyl (C=O) groups is 2. The van der Waals surface area contributed by atoms with Gasteiger partial charge >= 0.3 is 5.97 Å². The number of halogens is 3. The summed E-state index contributed by atoms with van der Waals surface area (Å²) in [7, 11) is -3.53. The number of carbonyl (C=O) groups excluding carboxylic acids is 2. The molecule has 2 aromatic rings. The summed E-state index contributed by atoms with van der Waals surface area (Å²) >= 11 is 17.6. The second kappa shape index (κ2) is 8.26. The van der Waals surface area contributed by atoms with Crippen molar-refractivity contribution in [2.45, 2.75) is 4.90 Å². The van der Waals surface area contributed by atoms with E-state index in [2.05, 4.69) is 5.32 Å². The zero-order valence-electron chi connectivity index (χ0n) is 13.3. The Morgan fingerprint density at radius 3 is 2.35 bits per heavy atom. The van der Waals surface area contributed by atoms with E-state index >= 15 is 0 Å². The minimum atomic E-state index is -3.53. The Hall–Kier alpha value is -1.80. The molecule has 0 saturated heterocycles. The molecule has 0 heterocycles. The average Bonchev–Trinajstić information content (AvgIpc) is 2.54. The Balaban J connectivity index is 2.05. The highest BCUT2D eigenvalue weighted by Crippen LogP contribution is 2.25. The lowest BCUT2D eigenvalue weighted by Crippen LogP contribution is -2.21. The summed E-state index contributed by atoms with van der Waals surface area (Å²) in [5.41, 5.74) is 0.140. The van der Waals surface area contributed by atoms with Crippen LogP contribution in [0.15, 0.2) is 41.3 Å². The van der Waals surface area contributed by atoms with Gasteiger partial charge in [0.15, 0.2) is 16.4 Å².